The monoisotopic (exact) mass is 831 g/mol. The first-order chi connectivity index (χ1) is 31.8. The zero-order valence-electron chi connectivity index (χ0n) is 34.6. The van der Waals surface area contributed by atoms with Crippen molar-refractivity contribution in [3.8, 4) is 39.3 Å². The van der Waals surface area contributed by atoms with Gasteiger partial charge in [0, 0.05) is 69.4 Å². The Hall–Kier alpha value is -8.18. The molecule has 0 saturated heterocycles. The molecule has 0 amide bonds. The summed E-state index contributed by atoms with van der Waals surface area (Å²) in [6.45, 7) is 0. The van der Waals surface area contributed by atoms with E-state index in [1.165, 1.54) is 114 Å². The first kappa shape index (κ1) is 35.4. The molecule has 0 aliphatic rings. The molecule has 10 aromatic carbocycles. The van der Waals surface area contributed by atoms with Crippen molar-refractivity contribution in [3.05, 3.63) is 224 Å². The molecule has 0 atom stereocenters. The van der Waals surface area contributed by atoms with Gasteiger partial charge < -0.3 is 13.7 Å². The molecule has 14 rings (SSSR count). The van der Waals surface area contributed by atoms with E-state index < -0.39 is 0 Å². The van der Waals surface area contributed by atoms with Crippen LogP contribution in [0.1, 0.15) is 0 Å². The molecule has 0 spiro atoms. The molecule has 64 heavy (non-hydrogen) atoms. The van der Waals surface area contributed by atoms with Gasteiger partial charge in [-0.25, -0.2) is 0 Å². The highest BCUT2D eigenvalue weighted by Gasteiger charge is 2.23. The summed E-state index contributed by atoms with van der Waals surface area (Å²) < 4.78 is 10.0. The zero-order valence-corrected chi connectivity index (χ0v) is 35.4. The molecule has 0 N–H and O–H groups in total. The van der Waals surface area contributed by atoms with Crippen molar-refractivity contribution >= 4 is 96.9 Å². The summed E-state index contributed by atoms with van der Waals surface area (Å²) >= 11 is 1.87. The van der Waals surface area contributed by atoms with Crippen LogP contribution < -0.4 is 0 Å². The molecule has 3 nitrogen and oxygen atoms in total. The van der Waals surface area contributed by atoms with E-state index >= 15 is 0 Å². The van der Waals surface area contributed by atoms with Crippen LogP contribution in [0.15, 0.2) is 224 Å². The molecule has 4 heterocycles. The van der Waals surface area contributed by atoms with Crippen molar-refractivity contribution in [1.29, 1.82) is 0 Å². The van der Waals surface area contributed by atoms with E-state index in [0.29, 0.717) is 0 Å². The number of aromatic nitrogens is 3. The molecule has 4 heteroatoms. The highest BCUT2D eigenvalue weighted by molar-refractivity contribution is 7.25. The fourth-order valence-electron chi connectivity index (χ4n) is 10.7. The Kier molecular flexibility index (Phi) is 7.56. The van der Waals surface area contributed by atoms with E-state index in [0.717, 1.165) is 11.4 Å². The Morgan fingerprint density at radius 3 is 1.45 bits per heavy atom. The molecule has 298 valence electrons. The molecule has 0 bridgehead atoms. The maximum atomic E-state index is 2.56. The van der Waals surface area contributed by atoms with Crippen LogP contribution in [0, 0.1) is 0 Å². The van der Waals surface area contributed by atoms with Crippen LogP contribution in [0.25, 0.3) is 125 Å². The Bertz CT molecular complexity index is 4140. The van der Waals surface area contributed by atoms with Gasteiger partial charge in [0.05, 0.1) is 38.8 Å². The molecular weight excluding hydrogens is 795 g/mol. The molecule has 0 radical (unpaired) electrons. The van der Waals surface area contributed by atoms with E-state index in [-0.39, 0.29) is 0 Å². The van der Waals surface area contributed by atoms with Crippen LogP contribution in [0.5, 0.6) is 0 Å². The summed E-state index contributed by atoms with van der Waals surface area (Å²) in [7, 11) is 0. The van der Waals surface area contributed by atoms with Crippen LogP contribution in [0.4, 0.5) is 0 Å². The molecule has 0 aliphatic carbocycles. The number of thiophene rings is 1. The maximum absolute atomic E-state index is 2.56. The summed E-state index contributed by atoms with van der Waals surface area (Å²) in [5, 5.41) is 10.0. The highest BCUT2D eigenvalue weighted by Crippen LogP contribution is 2.46. The summed E-state index contributed by atoms with van der Waals surface area (Å²) in [4.78, 5) is 0. The van der Waals surface area contributed by atoms with Gasteiger partial charge in [-0.05, 0) is 89.5 Å². The van der Waals surface area contributed by atoms with E-state index in [2.05, 4.69) is 238 Å². The number of benzene rings is 10. The third-order valence-electron chi connectivity index (χ3n) is 13.4. The smallest absolute Gasteiger partial charge is 0.0633 e. The van der Waals surface area contributed by atoms with E-state index in [4.69, 9.17) is 0 Å². The third kappa shape index (κ3) is 5.09. The van der Waals surface area contributed by atoms with Gasteiger partial charge in [-0.3, -0.25) is 0 Å². The molecule has 4 aromatic heterocycles. The quantitative estimate of drug-likeness (QED) is 0.164. The maximum Gasteiger partial charge on any atom is 0.0633 e. The lowest BCUT2D eigenvalue weighted by Gasteiger charge is -2.18. The topological polar surface area (TPSA) is 14.8 Å². The van der Waals surface area contributed by atoms with Gasteiger partial charge >= 0.3 is 0 Å². The lowest BCUT2D eigenvalue weighted by molar-refractivity contribution is 1.16. The van der Waals surface area contributed by atoms with Crippen LogP contribution >= 0.6 is 11.3 Å². The molecular formula is C60H37N3S. The van der Waals surface area contributed by atoms with Crippen molar-refractivity contribution in [2.75, 3.05) is 0 Å². The van der Waals surface area contributed by atoms with Crippen LogP contribution in [0.3, 0.4) is 0 Å². The van der Waals surface area contributed by atoms with Crippen LogP contribution in [0.2, 0.25) is 0 Å². The van der Waals surface area contributed by atoms with Crippen LogP contribution in [-0.2, 0) is 0 Å². The normalized spacial score (nSPS) is 12.1. The average Bonchev–Trinajstić information content (AvgIpc) is 4.10. The van der Waals surface area contributed by atoms with Crippen molar-refractivity contribution < 1.29 is 0 Å². The summed E-state index contributed by atoms with van der Waals surface area (Å²) in [5.74, 6) is 0. The fourth-order valence-corrected chi connectivity index (χ4v) is 11.8. The van der Waals surface area contributed by atoms with Crippen molar-refractivity contribution in [2.45, 2.75) is 0 Å². The summed E-state index contributed by atoms with van der Waals surface area (Å²) in [6.07, 6.45) is 0. The van der Waals surface area contributed by atoms with Gasteiger partial charge in [0.25, 0.3) is 0 Å². The largest absolute Gasteiger partial charge is 0.309 e. The number of rotatable bonds is 5. The summed E-state index contributed by atoms with van der Waals surface area (Å²) in [6, 6.07) is 82.8. The average molecular weight is 832 g/mol. The number of fused-ring (bicyclic) bond motifs is 12. The van der Waals surface area contributed by atoms with Gasteiger partial charge in [-0.15, -0.1) is 11.3 Å². The Morgan fingerprint density at radius 2 is 0.766 bits per heavy atom. The predicted octanol–water partition coefficient (Wildman–Crippen LogP) is 16.7. The number of hydrogen-bond acceptors (Lipinski definition) is 1. The fraction of sp³-hybridized carbons (Fsp3) is 0. The van der Waals surface area contributed by atoms with Gasteiger partial charge in [0.15, 0.2) is 0 Å². The minimum atomic E-state index is 1.13. The van der Waals surface area contributed by atoms with Gasteiger partial charge in [0.2, 0.25) is 0 Å². The van der Waals surface area contributed by atoms with Crippen molar-refractivity contribution in [2.24, 2.45) is 0 Å². The minimum absolute atomic E-state index is 1.13. The second-order valence-electron chi connectivity index (χ2n) is 16.9. The second-order valence-corrected chi connectivity index (χ2v) is 17.9. The first-order valence-electron chi connectivity index (χ1n) is 21.9. The lowest BCUT2D eigenvalue weighted by atomic mass is 9.96. The second kappa shape index (κ2) is 13.7. The third-order valence-corrected chi connectivity index (χ3v) is 14.6. The van der Waals surface area contributed by atoms with Crippen LogP contribution in [-0.4, -0.2) is 13.7 Å². The van der Waals surface area contributed by atoms with E-state index in [1.807, 2.05) is 11.3 Å². The number of para-hydroxylation sites is 4. The van der Waals surface area contributed by atoms with Gasteiger partial charge in [0.1, 0.15) is 0 Å². The molecule has 0 aliphatic heterocycles. The number of nitrogens with zero attached hydrogens (tertiary/aromatic N) is 3. The Morgan fingerprint density at radius 1 is 0.266 bits per heavy atom. The molecule has 0 saturated carbocycles. The molecule has 0 unspecified atom stereocenters. The van der Waals surface area contributed by atoms with Gasteiger partial charge in [-0.1, -0.05) is 152 Å². The predicted molar refractivity (Wildman–Crippen MR) is 273 cm³/mol. The number of hydrogen-bond donors (Lipinski definition) is 0. The SMILES string of the molecule is c1ccc(-c2cccc(-c3ccc4sc5ccccc5c4c3-n3c4ccccc4c4ccc(-n5c6ccccc6c6cc(-n7c8ccccc8c8ccccc87)ccc65)cc43)c2)cc1. The highest BCUT2D eigenvalue weighted by atomic mass is 32.1. The zero-order chi connectivity index (χ0) is 41.9. The minimum Gasteiger partial charge on any atom is -0.309 e. The first-order valence-corrected chi connectivity index (χ1v) is 22.7. The standard InChI is InChI=1S/C60H37N3S/c1-2-15-38(16-3-1)39-17-14-18-40(35-39)43-32-34-58-59(49-23-8-13-28-57(49)64-58)60(43)63-54-27-12-6-21-46(54)48-31-29-42(37-56(48)63)62-53-26-11-7-22-47(53)50-36-41(30-33-55(50)62)61-51-24-9-4-19-44(51)45-20-5-10-25-52(45)61/h1-37H. The molecule has 14 aromatic rings. The summed E-state index contributed by atoms with van der Waals surface area (Å²) in [5.41, 5.74) is 15.5. The lowest BCUT2D eigenvalue weighted by Crippen LogP contribution is -2.00. The van der Waals surface area contributed by atoms with E-state index in [1.54, 1.807) is 0 Å². The van der Waals surface area contributed by atoms with Gasteiger partial charge in [-0.2, -0.15) is 0 Å². The van der Waals surface area contributed by atoms with Crippen molar-refractivity contribution in [1.82, 2.24) is 13.7 Å². The Balaban J connectivity index is 1.05. The Labute approximate surface area is 372 Å². The van der Waals surface area contributed by atoms with E-state index in [9.17, 15) is 0 Å². The van der Waals surface area contributed by atoms with Crippen molar-refractivity contribution in [3.63, 3.8) is 0 Å². The molecule has 0 fully saturated rings.